The summed E-state index contributed by atoms with van der Waals surface area (Å²) in [5.74, 6) is -0.446. The van der Waals surface area contributed by atoms with Crippen molar-refractivity contribution < 1.29 is 14.6 Å². The summed E-state index contributed by atoms with van der Waals surface area (Å²) in [6.07, 6.45) is -0.978. The van der Waals surface area contributed by atoms with Gasteiger partial charge in [-0.25, -0.2) is 4.79 Å². The first-order valence-corrected chi connectivity index (χ1v) is 5.68. The van der Waals surface area contributed by atoms with Gasteiger partial charge in [-0.2, -0.15) is 0 Å². The van der Waals surface area contributed by atoms with Crippen molar-refractivity contribution in [2.24, 2.45) is 0 Å². The van der Waals surface area contributed by atoms with Crippen LogP contribution in [0.2, 0.25) is 0 Å². The molecule has 1 atom stereocenters. The van der Waals surface area contributed by atoms with E-state index >= 15 is 0 Å². The van der Waals surface area contributed by atoms with Gasteiger partial charge in [0.05, 0.1) is 0 Å². The molecule has 0 aliphatic heterocycles. The van der Waals surface area contributed by atoms with E-state index in [0.717, 1.165) is 5.56 Å². The summed E-state index contributed by atoms with van der Waals surface area (Å²) < 4.78 is 5.52. The zero-order valence-electron chi connectivity index (χ0n) is 10.0. The van der Waals surface area contributed by atoms with E-state index in [1.54, 1.807) is 36.4 Å². The van der Waals surface area contributed by atoms with Crippen molar-refractivity contribution in [2.45, 2.75) is 13.0 Å². The van der Waals surface area contributed by atoms with E-state index < -0.39 is 12.1 Å². The average molecular weight is 242 g/mol. The Hall–Kier alpha value is -2.29. The number of aryl methyl sites for hydroxylation is 1. The molecule has 2 aromatic carbocycles. The maximum absolute atomic E-state index is 11.2. The summed E-state index contributed by atoms with van der Waals surface area (Å²) in [7, 11) is 0. The average Bonchev–Trinajstić information content (AvgIpc) is 2.38. The molecule has 0 aliphatic carbocycles. The van der Waals surface area contributed by atoms with E-state index in [4.69, 9.17) is 4.74 Å². The van der Waals surface area contributed by atoms with Gasteiger partial charge in [0.15, 0.2) is 0 Å². The Morgan fingerprint density at radius 2 is 1.67 bits per heavy atom. The second-order valence-electron chi connectivity index (χ2n) is 4.06. The fourth-order valence-electron chi connectivity index (χ4n) is 1.64. The predicted molar refractivity (Wildman–Crippen MR) is 68.6 cm³/mol. The molecule has 0 spiro atoms. The van der Waals surface area contributed by atoms with Gasteiger partial charge in [0.2, 0.25) is 6.10 Å². The minimum absolute atomic E-state index is 0.553. The number of carboxylic acid groups (broad SMARTS) is 1. The number of hydrogen-bond donors (Lipinski definition) is 1. The van der Waals surface area contributed by atoms with Crippen molar-refractivity contribution in [3.05, 3.63) is 65.7 Å². The molecule has 0 bridgehead atoms. The van der Waals surface area contributed by atoms with Crippen molar-refractivity contribution in [2.75, 3.05) is 0 Å². The first-order valence-electron chi connectivity index (χ1n) is 5.68. The summed E-state index contributed by atoms with van der Waals surface area (Å²) in [6.45, 7) is 1.97. The molecule has 3 heteroatoms. The summed E-state index contributed by atoms with van der Waals surface area (Å²) in [5.41, 5.74) is 1.74. The van der Waals surface area contributed by atoms with Crippen LogP contribution in [0.15, 0.2) is 54.6 Å². The van der Waals surface area contributed by atoms with E-state index in [1.165, 1.54) is 0 Å². The van der Waals surface area contributed by atoms with Gasteiger partial charge in [0, 0.05) is 5.56 Å². The van der Waals surface area contributed by atoms with Crippen LogP contribution in [0.1, 0.15) is 17.2 Å². The van der Waals surface area contributed by atoms with E-state index in [1.807, 2.05) is 25.1 Å². The van der Waals surface area contributed by atoms with Crippen LogP contribution in [0.5, 0.6) is 5.75 Å². The normalized spacial score (nSPS) is 11.8. The van der Waals surface area contributed by atoms with Crippen LogP contribution in [-0.2, 0) is 4.79 Å². The molecule has 3 nitrogen and oxygen atoms in total. The fourth-order valence-corrected chi connectivity index (χ4v) is 1.64. The maximum Gasteiger partial charge on any atom is 0.349 e. The molecule has 0 saturated heterocycles. The molecule has 92 valence electrons. The minimum Gasteiger partial charge on any atom is -0.478 e. The summed E-state index contributed by atoms with van der Waals surface area (Å²) in [6, 6.07) is 16.2. The van der Waals surface area contributed by atoms with Gasteiger partial charge in [0.25, 0.3) is 0 Å². The molecule has 0 radical (unpaired) electrons. The molecule has 0 saturated carbocycles. The van der Waals surface area contributed by atoms with Crippen molar-refractivity contribution in [3.8, 4) is 5.75 Å². The second-order valence-corrected chi connectivity index (χ2v) is 4.06. The van der Waals surface area contributed by atoms with Gasteiger partial charge in [0.1, 0.15) is 5.75 Å². The number of aliphatic carboxylic acids is 1. The van der Waals surface area contributed by atoms with Gasteiger partial charge in [-0.05, 0) is 19.1 Å². The lowest BCUT2D eigenvalue weighted by molar-refractivity contribution is -0.145. The largest absolute Gasteiger partial charge is 0.478 e. The minimum atomic E-state index is -0.998. The molecule has 0 aromatic heterocycles. The third-order valence-corrected chi connectivity index (χ3v) is 2.60. The third kappa shape index (κ3) is 2.88. The standard InChI is InChI=1S/C15H14O3/c1-11-7-9-13(10-8-11)18-14(15(16)17)12-5-3-2-4-6-12/h2-10,14H,1H3,(H,16,17). The number of carboxylic acids is 1. The Morgan fingerprint density at radius 1 is 1.06 bits per heavy atom. The number of carbonyl (C=O) groups is 1. The van der Waals surface area contributed by atoms with E-state index in [-0.39, 0.29) is 0 Å². The Balaban J connectivity index is 2.22. The van der Waals surface area contributed by atoms with Crippen LogP contribution in [0.3, 0.4) is 0 Å². The lowest BCUT2D eigenvalue weighted by Gasteiger charge is -2.15. The number of rotatable bonds is 4. The van der Waals surface area contributed by atoms with Crippen LogP contribution in [0.25, 0.3) is 0 Å². The van der Waals surface area contributed by atoms with Crippen LogP contribution in [0, 0.1) is 6.92 Å². The Labute approximate surface area is 106 Å². The summed E-state index contributed by atoms with van der Waals surface area (Å²) in [4.78, 5) is 11.2. The highest BCUT2D eigenvalue weighted by Gasteiger charge is 2.21. The zero-order chi connectivity index (χ0) is 13.0. The molecule has 0 aliphatic rings. The topological polar surface area (TPSA) is 46.5 Å². The van der Waals surface area contributed by atoms with Gasteiger partial charge in [-0.15, -0.1) is 0 Å². The lowest BCUT2D eigenvalue weighted by atomic mass is 10.1. The Morgan fingerprint density at radius 3 is 2.22 bits per heavy atom. The Bertz CT molecular complexity index is 517. The number of hydrogen-bond acceptors (Lipinski definition) is 2. The SMILES string of the molecule is Cc1ccc(OC(C(=O)O)c2ccccc2)cc1. The Kier molecular flexibility index (Phi) is 3.63. The highest BCUT2D eigenvalue weighted by atomic mass is 16.5. The second kappa shape index (κ2) is 5.36. The molecule has 1 unspecified atom stereocenters. The predicted octanol–water partition coefficient (Wildman–Crippen LogP) is 3.20. The van der Waals surface area contributed by atoms with Gasteiger partial charge >= 0.3 is 5.97 Å². The third-order valence-electron chi connectivity index (χ3n) is 2.60. The molecule has 0 amide bonds. The fraction of sp³-hybridized carbons (Fsp3) is 0.133. The van der Waals surface area contributed by atoms with Gasteiger partial charge < -0.3 is 9.84 Å². The van der Waals surface area contributed by atoms with Crippen molar-refractivity contribution >= 4 is 5.97 Å². The summed E-state index contributed by atoms with van der Waals surface area (Å²) >= 11 is 0. The monoisotopic (exact) mass is 242 g/mol. The summed E-state index contributed by atoms with van der Waals surface area (Å²) in [5, 5.41) is 9.22. The van der Waals surface area contributed by atoms with E-state index in [2.05, 4.69) is 0 Å². The van der Waals surface area contributed by atoms with Crippen LogP contribution in [0.4, 0.5) is 0 Å². The highest BCUT2D eigenvalue weighted by Crippen LogP contribution is 2.22. The van der Waals surface area contributed by atoms with Crippen LogP contribution >= 0.6 is 0 Å². The van der Waals surface area contributed by atoms with Crippen LogP contribution in [-0.4, -0.2) is 11.1 Å². The van der Waals surface area contributed by atoms with Crippen molar-refractivity contribution in [1.29, 1.82) is 0 Å². The zero-order valence-corrected chi connectivity index (χ0v) is 10.0. The van der Waals surface area contributed by atoms with E-state index in [9.17, 15) is 9.90 Å². The van der Waals surface area contributed by atoms with Crippen LogP contribution < -0.4 is 4.74 Å². The molecule has 0 fully saturated rings. The molecule has 2 rings (SSSR count). The molecule has 2 aromatic rings. The van der Waals surface area contributed by atoms with Crippen molar-refractivity contribution in [3.63, 3.8) is 0 Å². The van der Waals surface area contributed by atoms with E-state index in [0.29, 0.717) is 11.3 Å². The molecule has 18 heavy (non-hydrogen) atoms. The quantitative estimate of drug-likeness (QED) is 0.895. The maximum atomic E-state index is 11.2. The van der Waals surface area contributed by atoms with Gasteiger partial charge in [-0.1, -0.05) is 48.0 Å². The molecular weight excluding hydrogens is 228 g/mol. The first kappa shape index (κ1) is 12.2. The van der Waals surface area contributed by atoms with Crippen molar-refractivity contribution in [1.82, 2.24) is 0 Å². The van der Waals surface area contributed by atoms with Gasteiger partial charge in [-0.3, -0.25) is 0 Å². The lowest BCUT2D eigenvalue weighted by Crippen LogP contribution is -2.18. The number of ether oxygens (including phenoxy) is 1. The smallest absolute Gasteiger partial charge is 0.349 e. The number of benzene rings is 2. The first-order chi connectivity index (χ1) is 8.66. The molecule has 0 heterocycles. The molecular formula is C15H14O3. The highest BCUT2D eigenvalue weighted by molar-refractivity contribution is 5.74. The molecule has 1 N–H and O–H groups in total.